The third kappa shape index (κ3) is 4.75. The first-order valence-electron chi connectivity index (χ1n) is 6.96. The van der Waals surface area contributed by atoms with Gasteiger partial charge in [-0.15, -0.1) is 11.8 Å². The first kappa shape index (κ1) is 15.8. The van der Waals surface area contributed by atoms with E-state index in [1.165, 1.54) is 11.8 Å². The quantitative estimate of drug-likeness (QED) is 0.799. The third-order valence-corrected chi connectivity index (χ3v) is 4.10. The fourth-order valence-electron chi connectivity index (χ4n) is 2.00. The molecule has 2 heterocycles. The standard InChI is InChI=1S/C13H20N4O3S/c1-2-10-7-14-16-13(10)15-11(18)8-21-9-12(19)17-3-5-20-6-4-17/h7H,2-6,8-9H2,1H3,(H2,14,15,16,18). The predicted molar refractivity (Wildman–Crippen MR) is 81.3 cm³/mol. The summed E-state index contributed by atoms with van der Waals surface area (Å²) >= 11 is 1.32. The summed E-state index contributed by atoms with van der Waals surface area (Å²) in [5.74, 6) is 1.14. The van der Waals surface area contributed by atoms with Crippen molar-refractivity contribution in [1.29, 1.82) is 0 Å². The lowest BCUT2D eigenvalue weighted by molar-refractivity contribution is -0.132. The SMILES string of the molecule is CCc1cn[nH]c1NC(=O)CSCC(=O)N1CCOCC1. The Bertz CT molecular complexity index is 486. The average molecular weight is 312 g/mol. The summed E-state index contributed by atoms with van der Waals surface area (Å²) in [5, 5.41) is 9.43. The molecule has 116 valence electrons. The Kier molecular flexibility index (Phi) is 6.06. The number of carbonyl (C=O) groups is 2. The molecule has 1 aliphatic heterocycles. The third-order valence-electron chi connectivity index (χ3n) is 3.19. The molecule has 21 heavy (non-hydrogen) atoms. The van der Waals surface area contributed by atoms with E-state index in [9.17, 15) is 9.59 Å². The molecular formula is C13H20N4O3S. The molecule has 7 nitrogen and oxygen atoms in total. The van der Waals surface area contributed by atoms with Crippen molar-refractivity contribution in [3.63, 3.8) is 0 Å². The van der Waals surface area contributed by atoms with Crippen LogP contribution in [0.3, 0.4) is 0 Å². The number of H-pyrrole nitrogens is 1. The Morgan fingerprint density at radius 2 is 2.19 bits per heavy atom. The summed E-state index contributed by atoms with van der Waals surface area (Å²) in [6.45, 7) is 4.46. The second-order valence-electron chi connectivity index (χ2n) is 4.66. The van der Waals surface area contributed by atoms with Crippen molar-refractivity contribution in [3.05, 3.63) is 11.8 Å². The minimum absolute atomic E-state index is 0.0619. The molecule has 1 fully saturated rings. The van der Waals surface area contributed by atoms with E-state index in [0.29, 0.717) is 37.9 Å². The number of ether oxygens (including phenoxy) is 1. The molecule has 0 spiro atoms. The molecule has 0 radical (unpaired) electrons. The highest BCUT2D eigenvalue weighted by atomic mass is 32.2. The number of aromatic amines is 1. The molecule has 0 aromatic carbocycles. The summed E-state index contributed by atoms with van der Waals surface area (Å²) in [5.41, 5.74) is 0.970. The van der Waals surface area contributed by atoms with E-state index in [1.54, 1.807) is 11.1 Å². The fraction of sp³-hybridized carbons (Fsp3) is 0.615. The van der Waals surface area contributed by atoms with Crippen LogP contribution in [0.25, 0.3) is 0 Å². The molecule has 2 amide bonds. The topological polar surface area (TPSA) is 87.3 Å². The van der Waals surface area contributed by atoms with Crippen molar-refractivity contribution in [2.24, 2.45) is 0 Å². The summed E-state index contributed by atoms with van der Waals surface area (Å²) in [6.07, 6.45) is 2.50. The van der Waals surface area contributed by atoms with Gasteiger partial charge < -0.3 is 15.0 Å². The van der Waals surface area contributed by atoms with E-state index in [1.807, 2.05) is 6.92 Å². The number of carbonyl (C=O) groups excluding carboxylic acids is 2. The summed E-state index contributed by atoms with van der Waals surface area (Å²) in [4.78, 5) is 25.5. The molecule has 1 aliphatic rings. The van der Waals surface area contributed by atoms with Gasteiger partial charge in [0.1, 0.15) is 5.82 Å². The highest BCUT2D eigenvalue weighted by molar-refractivity contribution is 8.00. The van der Waals surface area contributed by atoms with Crippen LogP contribution in [0.4, 0.5) is 5.82 Å². The minimum Gasteiger partial charge on any atom is -0.378 e. The number of thioether (sulfide) groups is 1. The molecule has 0 aliphatic carbocycles. The Hall–Kier alpha value is -1.54. The Labute approximate surface area is 127 Å². The van der Waals surface area contributed by atoms with Crippen LogP contribution in [-0.4, -0.2) is 64.7 Å². The van der Waals surface area contributed by atoms with Gasteiger partial charge in [-0.2, -0.15) is 5.10 Å². The van der Waals surface area contributed by atoms with E-state index in [0.717, 1.165) is 12.0 Å². The van der Waals surface area contributed by atoms with Gasteiger partial charge in [-0.05, 0) is 6.42 Å². The second kappa shape index (κ2) is 8.04. The van der Waals surface area contributed by atoms with Crippen molar-refractivity contribution < 1.29 is 14.3 Å². The lowest BCUT2D eigenvalue weighted by atomic mass is 10.2. The van der Waals surface area contributed by atoms with E-state index in [4.69, 9.17) is 4.74 Å². The Morgan fingerprint density at radius 1 is 1.43 bits per heavy atom. The van der Waals surface area contributed by atoms with Gasteiger partial charge in [0.2, 0.25) is 11.8 Å². The fourth-order valence-corrected chi connectivity index (χ4v) is 2.71. The summed E-state index contributed by atoms with van der Waals surface area (Å²) < 4.78 is 5.20. The lowest BCUT2D eigenvalue weighted by Crippen LogP contribution is -2.41. The number of hydrogen-bond donors (Lipinski definition) is 2. The van der Waals surface area contributed by atoms with Crippen LogP contribution in [-0.2, 0) is 20.7 Å². The number of anilines is 1. The Morgan fingerprint density at radius 3 is 2.90 bits per heavy atom. The predicted octanol–water partition coefficient (Wildman–Crippen LogP) is 0.503. The number of morpholine rings is 1. The maximum Gasteiger partial charge on any atom is 0.235 e. The number of amides is 2. The molecule has 1 aromatic rings. The maximum absolute atomic E-state index is 11.9. The number of aromatic nitrogens is 2. The first-order chi connectivity index (χ1) is 10.2. The van der Waals surface area contributed by atoms with Crippen LogP contribution in [0.1, 0.15) is 12.5 Å². The normalized spacial score (nSPS) is 15.0. The second-order valence-corrected chi connectivity index (χ2v) is 5.64. The summed E-state index contributed by atoms with van der Waals surface area (Å²) in [7, 11) is 0. The van der Waals surface area contributed by atoms with Crippen LogP contribution in [0.2, 0.25) is 0 Å². The van der Waals surface area contributed by atoms with Gasteiger partial charge in [-0.25, -0.2) is 0 Å². The van der Waals surface area contributed by atoms with Crippen LogP contribution in [0.5, 0.6) is 0 Å². The van der Waals surface area contributed by atoms with Gasteiger partial charge in [0.05, 0.1) is 30.9 Å². The van der Waals surface area contributed by atoms with Gasteiger partial charge in [0.25, 0.3) is 0 Å². The van der Waals surface area contributed by atoms with Crippen molar-refractivity contribution in [2.75, 3.05) is 43.1 Å². The first-order valence-corrected chi connectivity index (χ1v) is 8.11. The van der Waals surface area contributed by atoms with E-state index in [-0.39, 0.29) is 17.6 Å². The molecule has 2 rings (SSSR count). The molecule has 8 heteroatoms. The van der Waals surface area contributed by atoms with Gasteiger partial charge in [0.15, 0.2) is 0 Å². The molecule has 0 atom stereocenters. The lowest BCUT2D eigenvalue weighted by Gasteiger charge is -2.26. The highest BCUT2D eigenvalue weighted by Crippen LogP contribution is 2.12. The summed E-state index contributed by atoms with van der Waals surface area (Å²) in [6, 6.07) is 0. The van der Waals surface area contributed by atoms with Gasteiger partial charge in [-0.1, -0.05) is 6.92 Å². The zero-order valence-corrected chi connectivity index (χ0v) is 12.9. The number of aryl methyl sites for hydroxylation is 1. The largest absolute Gasteiger partial charge is 0.378 e. The smallest absolute Gasteiger partial charge is 0.235 e. The van der Waals surface area contributed by atoms with Crippen molar-refractivity contribution >= 4 is 29.4 Å². The van der Waals surface area contributed by atoms with Gasteiger partial charge in [-0.3, -0.25) is 14.7 Å². The van der Waals surface area contributed by atoms with Crippen molar-refractivity contribution in [1.82, 2.24) is 15.1 Å². The molecule has 0 unspecified atom stereocenters. The molecule has 0 bridgehead atoms. The van der Waals surface area contributed by atoms with E-state index < -0.39 is 0 Å². The zero-order valence-electron chi connectivity index (χ0n) is 12.1. The molecular weight excluding hydrogens is 292 g/mol. The zero-order chi connectivity index (χ0) is 15.1. The van der Waals surface area contributed by atoms with E-state index >= 15 is 0 Å². The maximum atomic E-state index is 11.9. The minimum atomic E-state index is -0.131. The number of rotatable bonds is 6. The van der Waals surface area contributed by atoms with Crippen molar-refractivity contribution in [2.45, 2.75) is 13.3 Å². The van der Waals surface area contributed by atoms with Crippen LogP contribution < -0.4 is 5.32 Å². The number of nitrogens with one attached hydrogen (secondary N) is 2. The van der Waals surface area contributed by atoms with Gasteiger partial charge in [0, 0.05) is 18.7 Å². The Balaban J connectivity index is 1.68. The molecule has 1 saturated heterocycles. The molecule has 2 N–H and O–H groups in total. The number of nitrogens with zero attached hydrogens (tertiary/aromatic N) is 2. The van der Waals surface area contributed by atoms with Crippen LogP contribution >= 0.6 is 11.8 Å². The molecule has 0 saturated carbocycles. The molecule has 1 aromatic heterocycles. The monoisotopic (exact) mass is 312 g/mol. The average Bonchev–Trinajstić information content (AvgIpc) is 2.95. The van der Waals surface area contributed by atoms with E-state index in [2.05, 4.69) is 15.5 Å². The highest BCUT2D eigenvalue weighted by Gasteiger charge is 2.17. The number of hydrogen-bond acceptors (Lipinski definition) is 5. The van der Waals surface area contributed by atoms with Gasteiger partial charge >= 0.3 is 0 Å². The van der Waals surface area contributed by atoms with Crippen LogP contribution in [0.15, 0.2) is 6.20 Å². The van der Waals surface area contributed by atoms with Crippen molar-refractivity contribution in [3.8, 4) is 0 Å². The van der Waals surface area contributed by atoms with Crippen LogP contribution in [0, 0.1) is 0 Å².